The van der Waals surface area contributed by atoms with Crippen LogP contribution >= 0.6 is 11.3 Å². The number of hydrogen-bond acceptors (Lipinski definition) is 5. The van der Waals surface area contributed by atoms with E-state index in [-0.39, 0.29) is 18.5 Å². The SMILES string of the molecule is COC(=O)c1ccccc1N(C)C(=O)CN1CCc2sccc2[C@@H]1c1ccccc1. The van der Waals surface area contributed by atoms with Gasteiger partial charge in [-0.2, -0.15) is 0 Å². The zero-order valence-corrected chi connectivity index (χ0v) is 17.9. The Balaban J connectivity index is 1.60. The highest BCUT2D eigenvalue weighted by molar-refractivity contribution is 7.10. The number of nitrogens with zero attached hydrogens (tertiary/aromatic N) is 2. The predicted octanol–water partition coefficient (Wildman–Crippen LogP) is 4.15. The highest BCUT2D eigenvalue weighted by Crippen LogP contribution is 2.37. The van der Waals surface area contributed by atoms with Crippen LogP contribution in [0.2, 0.25) is 0 Å². The van der Waals surface area contributed by atoms with Gasteiger partial charge in [-0.05, 0) is 41.1 Å². The number of methoxy groups -OCH3 is 1. The average Bonchev–Trinajstić information content (AvgIpc) is 3.27. The first-order valence-electron chi connectivity index (χ1n) is 9.89. The molecule has 4 rings (SSSR count). The van der Waals surface area contributed by atoms with Crippen molar-refractivity contribution in [2.24, 2.45) is 0 Å². The summed E-state index contributed by atoms with van der Waals surface area (Å²) in [7, 11) is 3.05. The van der Waals surface area contributed by atoms with E-state index in [0.717, 1.165) is 13.0 Å². The molecule has 5 nitrogen and oxygen atoms in total. The van der Waals surface area contributed by atoms with Crippen LogP contribution in [0.4, 0.5) is 5.69 Å². The standard InChI is InChI=1S/C24H24N2O3S/c1-25(20-11-7-6-10-18(20)24(28)29-2)22(27)16-26-14-12-21-19(13-15-30-21)23(26)17-8-4-3-5-9-17/h3-11,13,15,23H,12,14,16H2,1-2H3/t23-/m0/s1. The number of amides is 1. The average molecular weight is 421 g/mol. The molecule has 3 aromatic rings. The normalized spacial score (nSPS) is 16.0. The van der Waals surface area contributed by atoms with Crippen molar-refractivity contribution in [2.75, 3.05) is 32.1 Å². The van der Waals surface area contributed by atoms with Crippen LogP contribution < -0.4 is 4.90 Å². The lowest BCUT2D eigenvalue weighted by atomic mass is 9.93. The van der Waals surface area contributed by atoms with Gasteiger partial charge in [0.15, 0.2) is 0 Å². The maximum Gasteiger partial charge on any atom is 0.339 e. The Morgan fingerprint density at radius 3 is 2.60 bits per heavy atom. The smallest absolute Gasteiger partial charge is 0.339 e. The van der Waals surface area contributed by atoms with E-state index in [4.69, 9.17) is 4.74 Å². The minimum atomic E-state index is -0.451. The van der Waals surface area contributed by atoms with Crippen LogP contribution in [0, 0.1) is 0 Å². The summed E-state index contributed by atoms with van der Waals surface area (Å²) < 4.78 is 4.88. The summed E-state index contributed by atoms with van der Waals surface area (Å²) in [4.78, 5) is 30.5. The number of rotatable bonds is 5. The molecule has 0 saturated carbocycles. The molecule has 1 atom stereocenters. The van der Waals surface area contributed by atoms with Crippen LogP contribution in [-0.4, -0.2) is 44.0 Å². The molecule has 1 aromatic heterocycles. The number of anilines is 1. The Bertz CT molecular complexity index is 1050. The van der Waals surface area contributed by atoms with E-state index in [1.165, 1.54) is 23.1 Å². The van der Waals surface area contributed by atoms with Gasteiger partial charge in [-0.15, -0.1) is 11.3 Å². The van der Waals surface area contributed by atoms with Gasteiger partial charge in [-0.25, -0.2) is 4.79 Å². The zero-order valence-electron chi connectivity index (χ0n) is 17.1. The number of carbonyl (C=O) groups is 2. The van der Waals surface area contributed by atoms with Gasteiger partial charge in [-0.3, -0.25) is 9.69 Å². The van der Waals surface area contributed by atoms with Gasteiger partial charge in [0, 0.05) is 18.5 Å². The summed E-state index contributed by atoms with van der Waals surface area (Å²) in [5.41, 5.74) is 3.40. The van der Waals surface area contributed by atoms with Gasteiger partial charge in [0.25, 0.3) is 0 Å². The van der Waals surface area contributed by atoms with Gasteiger partial charge in [-0.1, -0.05) is 42.5 Å². The van der Waals surface area contributed by atoms with Crippen molar-refractivity contribution in [1.29, 1.82) is 0 Å². The maximum atomic E-state index is 13.2. The second-order valence-corrected chi connectivity index (χ2v) is 8.29. The highest BCUT2D eigenvalue weighted by Gasteiger charge is 2.32. The molecule has 1 aliphatic heterocycles. The van der Waals surface area contributed by atoms with Gasteiger partial charge in [0.2, 0.25) is 5.91 Å². The zero-order chi connectivity index (χ0) is 21.1. The highest BCUT2D eigenvalue weighted by atomic mass is 32.1. The van der Waals surface area contributed by atoms with Crippen molar-refractivity contribution >= 4 is 28.9 Å². The quantitative estimate of drug-likeness (QED) is 0.582. The first-order chi connectivity index (χ1) is 14.6. The summed E-state index contributed by atoms with van der Waals surface area (Å²) >= 11 is 1.78. The third-order valence-corrected chi connectivity index (χ3v) is 6.56. The number of esters is 1. The molecular weight excluding hydrogens is 396 g/mol. The molecule has 0 N–H and O–H groups in total. The summed E-state index contributed by atoms with van der Waals surface area (Å²) in [5, 5.41) is 2.13. The summed E-state index contributed by atoms with van der Waals surface area (Å²) in [6.45, 7) is 1.08. The summed E-state index contributed by atoms with van der Waals surface area (Å²) in [5.74, 6) is -0.515. The van der Waals surface area contributed by atoms with Crippen molar-refractivity contribution in [3.8, 4) is 0 Å². The largest absolute Gasteiger partial charge is 0.465 e. The summed E-state index contributed by atoms with van der Waals surface area (Å²) in [6, 6.07) is 19.6. The molecule has 0 bridgehead atoms. The van der Waals surface area contributed by atoms with Crippen molar-refractivity contribution in [3.05, 3.63) is 87.6 Å². The Morgan fingerprint density at radius 1 is 1.10 bits per heavy atom. The first kappa shape index (κ1) is 20.3. The van der Waals surface area contributed by atoms with Gasteiger partial charge >= 0.3 is 5.97 Å². The number of fused-ring (bicyclic) bond motifs is 1. The Hall–Kier alpha value is -2.96. The predicted molar refractivity (Wildman–Crippen MR) is 119 cm³/mol. The lowest BCUT2D eigenvalue weighted by molar-refractivity contribution is -0.119. The molecule has 30 heavy (non-hydrogen) atoms. The van der Waals surface area contributed by atoms with Crippen LogP contribution in [0.1, 0.15) is 32.4 Å². The fourth-order valence-corrected chi connectivity index (χ4v) is 4.93. The third-order valence-electron chi connectivity index (χ3n) is 5.56. The summed E-state index contributed by atoms with van der Waals surface area (Å²) in [6.07, 6.45) is 0.937. The van der Waals surface area contributed by atoms with Gasteiger partial charge in [0.1, 0.15) is 0 Å². The topological polar surface area (TPSA) is 49.9 Å². The monoisotopic (exact) mass is 420 g/mol. The van der Waals surface area contributed by atoms with Crippen molar-refractivity contribution in [2.45, 2.75) is 12.5 Å². The second kappa shape index (κ2) is 8.81. The maximum absolute atomic E-state index is 13.2. The molecule has 0 unspecified atom stereocenters. The van der Waals surface area contributed by atoms with Crippen molar-refractivity contribution in [3.63, 3.8) is 0 Å². The molecular formula is C24H24N2O3S. The molecule has 154 valence electrons. The number of hydrogen-bond donors (Lipinski definition) is 0. The van der Waals surface area contributed by atoms with Gasteiger partial charge in [0.05, 0.1) is 30.9 Å². The van der Waals surface area contributed by atoms with Crippen molar-refractivity contribution in [1.82, 2.24) is 4.90 Å². The minimum absolute atomic E-state index is 0.0504. The lowest BCUT2D eigenvalue weighted by Gasteiger charge is -2.36. The second-order valence-electron chi connectivity index (χ2n) is 7.29. The number of likely N-dealkylation sites (N-methyl/N-ethyl adjacent to an activating group) is 1. The van der Waals surface area contributed by atoms with Crippen LogP contribution in [0.15, 0.2) is 66.0 Å². The minimum Gasteiger partial charge on any atom is -0.465 e. The van der Waals surface area contributed by atoms with E-state index >= 15 is 0 Å². The number of thiophene rings is 1. The third kappa shape index (κ3) is 3.88. The molecule has 0 fully saturated rings. The number of ether oxygens (including phenoxy) is 1. The van der Waals surface area contributed by atoms with E-state index < -0.39 is 5.97 Å². The molecule has 2 heterocycles. The van der Waals surface area contributed by atoms with Crippen LogP contribution in [-0.2, 0) is 16.0 Å². The van der Waals surface area contributed by atoms with E-state index in [1.54, 1.807) is 41.5 Å². The van der Waals surface area contributed by atoms with Crippen molar-refractivity contribution < 1.29 is 14.3 Å². The lowest BCUT2D eigenvalue weighted by Crippen LogP contribution is -2.43. The van der Waals surface area contributed by atoms with E-state index in [1.807, 2.05) is 24.3 Å². The fraction of sp³-hybridized carbons (Fsp3) is 0.250. The molecule has 0 saturated heterocycles. The molecule has 2 aromatic carbocycles. The van der Waals surface area contributed by atoms with Gasteiger partial charge < -0.3 is 9.64 Å². The first-order valence-corrected chi connectivity index (χ1v) is 10.8. The number of benzene rings is 2. The Labute approximate surface area is 180 Å². The van der Waals surface area contributed by atoms with E-state index in [0.29, 0.717) is 11.3 Å². The van der Waals surface area contributed by atoms with E-state index in [2.05, 4.69) is 28.5 Å². The van der Waals surface area contributed by atoms with E-state index in [9.17, 15) is 9.59 Å². The molecule has 0 aliphatic carbocycles. The van der Waals surface area contributed by atoms with Crippen LogP contribution in [0.3, 0.4) is 0 Å². The van der Waals surface area contributed by atoms with Crippen LogP contribution in [0.25, 0.3) is 0 Å². The fourth-order valence-electron chi connectivity index (χ4n) is 4.03. The molecule has 1 amide bonds. The molecule has 0 radical (unpaired) electrons. The molecule has 1 aliphatic rings. The number of para-hydroxylation sites is 1. The molecule has 6 heteroatoms. The number of carbonyl (C=O) groups excluding carboxylic acids is 2. The molecule has 0 spiro atoms. The Morgan fingerprint density at radius 2 is 1.83 bits per heavy atom. The Kier molecular flexibility index (Phi) is 5.97. The van der Waals surface area contributed by atoms with Crippen LogP contribution in [0.5, 0.6) is 0 Å².